The Balaban J connectivity index is 1.80. The molecular weight excluding hydrogens is 434 g/mol. The number of hydrogen-bond acceptors (Lipinski definition) is 8. The Morgan fingerprint density at radius 2 is 2.07 bits per heavy atom. The van der Waals surface area contributed by atoms with Crippen LogP contribution >= 0.6 is 34.7 Å². The van der Waals surface area contributed by atoms with Crippen LogP contribution in [0, 0.1) is 0 Å². The number of nitrogens with one attached hydrogen (secondary N) is 1. The number of thioether (sulfide) groups is 1. The molecule has 11 heteroatoms. The van der Waals surface area contributed by atoms with E-state index in [2.05, 4.69) is 20.8 Å². The maximum absolute atomic E-state index is 12.5. The number of thiophene rings is 1. The van der Waals surface area contributed by atoms with E-state index in [-0.39, 0.29) is 23.3 Å². The van der Waals surface area contributed by atoms with Crippen LogP contribution in [-0.4, -0.2) is 44.9 Å². The summed E-state index contributed by atoms with van der Waals surface area (Å²) in [5.41, 5.74) is 1.58. The third kappa shape index (κ3) is 4.77. The predicted octanol–water partition coefficient (Wildman–Crippen LogP) is 4.15. The number of carbonyl (C=O) groups excluding carboxylic acids is 2. The molecule has 0 fully saturated rings. The predicted molar refractivity (Wildman–Crippen MR) is 114 cm³/mol. The lowest BCUT2D eigenvalue weighted by molar-refractivity contribution is -0.113. The molecule has 0 atom stereocenters. The number of carbonyl (C=O) groups is 2. The molecule has 1 amide bonds. The van der Waals surface area contributed by atoms with Gasteiger partial charge in [0, 0.05) is 21.5 Å². The van der Waals surface area contributed by atoms with E-state index in [9.17, 15) is 9.59 Å². The number of aromatic nitrogens is 4. The highest BCUT2D eigenvalue weighted by Crippen LogP contribution is 2.39. The standard InChI is InChI=1S/C18H18ClN5O3S2/c1-10(2)24-18(21-22-23-24)29-9-14(25)20-16-15(17(26)27-3)12(8-28-16)11-6-4-5-7-13(11)19/h4-8,10H,9H2,1-3H3,(H,20,25). The van der Waals surface area contributed by atoms with Gasteiger partial charge in [0.25, 0.3) is 0 Å². The second kappa shape index (κ2) is 9.38. The lowest BCUT2D eigenvalue weighted by atomic mass is 10.0. The number of ether oxygens (including phenoxy) is 1. The maximum Gasteiger partial charge on any atom is 0.341 e. The average molecular weight is 452 g/mol. The van der Waals surface area contributed by atoms with Crippen LogP contribution in [0.5, 0.6) is 0 Å². The molecule has 0 saturated carbocycles. The average Bonchev–Trinajstić information content (AvgIpc) is 3.33. The Bertz CT molecular complexity index is 1030. The van der Waals surface area contributed by atoms with Crippen LogP contribution in [0.25, 0.3) is 11.1 Å². The van der Waals surface area contributed by atoms with Gasteiger partial charge in [-0.25, -0.2) is 9.48 Å². The maximum atomic E-state index is 12.5. The Morgan fingerprint density at radius 3 is 2.76 bits per heavy atom. The van der Waals surface area contributed by atoms with E-state index in [1.165, 1.54) is 30.2 Å². The van der Waals surface area contributed by atoms with Crippen molar-refractivity contribution in [2.45, 2.75) is 25.0 Å². The summed E-state index contributed by atoms with van der Waals surface area (Å²) < 4.78 is 6.56. The highest BCUT2D eigenvalue weighted by Gasteiger charge is 2.23. The normalized spacial score (nSPS) is 10.9. The van der Waals surface area contributed by atoms with Crippen molar-refractivity contribution < 1.29 is 14.3 Å². The Kier molecular flexibility index (Phi) is 6.88. The van der Waals surface area contributed by atoms with E-state index in [0.717, 1.165) is 0 Å². The van der Waals surface area contributed by atoms with Crippen molar-refractivity contribution in [2.75, 3.05) is 18.2 Å². The SMILES string of the molecule is COC(=O)c1c(-c2ccccc2Cl)csc1NC(=O)CSc1nnnn1C(C)C. The van der Waals surface area contributed by atoms with Crippen molar-refractivity contribution in [3.63, 3.8) is 0 Å². The first-order valence-corrected chi connectivity index (χ1v) is 10.8. The van der Waals surface area contributed by atoms with Gasteiger partial charge in [-0.3, -0.25) is 4.79 Å². The van der Waals surface area contributed by atoms with Gasteiger partial charge in [0.1, 0.15) is 10.6 Å². The fourth-order valence-corrected chi connectivity index (χ4v) is 4.54. The second-order valence-corrected chi connectivity index (χ2v) is 8.39. The van der Waals surface area contributed by atoms with Gasteiger partial charge in [-0.05, 0) is 30.3 Å². The molecule has 0 spiro atoms. The summed E-state index contributed by atoms with van der Waals surface area (Å²) in [5.74, 6) is -0.744. The molecule has 3 rings (SSSR count). The van der Waals surface area contributed by atoms with Crippen LogP contribution in [0.1, 0.15) is 30.2 Å². The number of rotatable bonds is 7. The number of nitrogens with zero attached hydrogens (tertiary/aromatic N) is 4. The highest BCUT2D eigenvalue weighted by atomic mass is 35.5. The molecule has 29 heavy (non-hydrogen) atoms. The van der Waals surface area contributed by atoms with Crippen LogP contribution in [0.15, 0.2) is 34.8 Å². The summed E-state index contributed by atoms with van der Waals surface area (Å²) >= 11 is 8.74. The number of benzene rings is 1. The summed E-state index contributed by atoms with van der Waals surface area (Å²) in [6.07, 6.45) is 0. The summed E-state index contributed by atoms with van der Waals surface area (Å²) in [6, 6.07) is 7.26. The minimum Gasteiger partial charge on any atom is -0.465 e. The molecule has 0 bridgehead atoms. The van der Waals surface area contributed by atoms with Gasteiger partial charge in [0.15, 0.2) is 0 Å². The fourth-order valence-electron chi connectivity index (χ4n) is 2.53. The third-order valence-electron chi connectivity index (χ3n) is 3.88. The molecule has 0 aliphatic heterocycles. The topological polar surface area (TPSA) is 99.0 Å². The van der Waals surface area contributed by atoms with Crippen molar-refractivity contribution >= 4 is 51.6 Å². The first-order valence-electron chi connectivity index (χ1n) is 8.57. The number of tetrazole rings is 1. The Hall–Kier alpha value is -2.43. The van der Waals surface area contributed by atoms with Crippen LogP contribution < -0.4 is 5.32 Å². The molecule has 8 nitrogen and oxygen atoms in total. The molecule has 1 N–H and O–H groups in total. The largest absolute Gasteiger partial charge is 0.465 e. The molecule has 2 heterocycles. The van der Waals surface area contributed by atoms with Gasteiger partial charge in [-0.1, -0.05) is 41.6 Å². The van der Waals surface area contributed by atoms with Gasteiger partial charge in [0.2, 0.25) is 11.1 Å². The monoisotopic (exact) mass is 451 g/mol. The van der Waals surface area contributed by atoms with Crippen LogP contribution in [0.3, 0.4) is 0 Å². The van der Waals surface area contributed by atoms with Crippen molar-refractivity contribution in [1.82, 2.24) is 20.2 Å². The molecule has 0 aliphatic carbocycles. The minimum absolute atomic E-state index is 0.0805. The second-order valence-electron chi connectivity index (χ2n) is 6.16. The van der Waals surface area contributed by atoms with Gasteiger partial charge >= 0.3 is 5.97 Å². The van der Waals surface area contributed by atoms with Crippen LogP contribution in [0.4, 0.5) is 5.00 Å². The minimum atomic E-state index is -0.548. The van der Waals surface area contributed by atoms with E-state index in [0.29, 0.717) is 26.3 Å². The van der Waals surface area contributed by atoms with E-state index in [4.69, 9.17) is 16.3 Å². The van der Waals surface area contributed by atoms with E-state index in [1.54, 1.807) is 22.2 Å². The van der Waals surface area contributed by atoms with Gasteiger partial charge in [0.05, 0.1) is 18.9 Å². The number of halogens is 1. The molecular formula is C18H18ClN5O3S2. The number of amides is 1. The summed E-state index contributed by atoms with van der Waals surface area (Å²) in [6.45, 7) is 3.90. The number of esters is 1. The number of hydrogen-bond donors (Lipinski definition) is 1. The molecule has 3 aromatic rings. The van der Waals surface area contributed by atoms with Gasteiger partial charge in [-0.15, -0.1) is 16.4 Å². The number of anilines is 1. The zero-order valence-corrected chi connectivity index (χ0v) is 18.3. The molecule has 2 aromatic heterocycles. The summed E-state index contributed by atoms with van der Waals surface area (Å²) in [4.78, 5) is 24.9. The quantitative estimate of drug-likeness (QED) is 0.425. The first-order chi connectivity index (χ1) is 13.9. The van der Waals surface area contributed by atoms with E-state index >= 15 is 0 Å². The summed E-state index contributed by atoms with van der Waals surface area (Å²) in [7, 11) is 1.30. The molecule has 0 aliphatic rings. The lowest BCUT2D eigenvalue weighted by Crippen LogP contribution is -2.16. The Labute approximate surface area is 180 Å². The third-order valence-corrected chi connectivity index (χ3v) is 6.04. The van der Waals surface area contributed by atoms with Crippen LogP contribution in [-0.2, 0) is 9.53 Å². The Morgan fingerprint density at radius 1 is 1.31 bits per heavy atom. The van der Waals surface area contributed by atoms with E-state index in [1.807, 2.05) is 26.0 Å². The zero-order valence-electron chi connectivity index (χ0n) is 15.9. The van der Waals surface area contributed by atoms with E-state index < -0.39 is 5.97 Å². The molecule has 0 saturated heterocycles. The molecule has 0 radical (unpaired) electrons. The smallest absolute Gasteiger partial charge is 0.341 e. The fraction of sp³-hybridized carbons (Fsp3) is 0.278. The highest BCUT2D eigenvalue weighted by molar-refractivity contribution is 7.99. The number of methoxy groups -OCH3 is 1. The van der Waals surface area contributed by atoms with Crippen molar-refractivity contribution in [3.8, 4) is 11.1 Å². The summed E-state index contributed by atoms with van der Waals surface area (Å²) in [5, 5.41) is 17.5. The zero-order chi connectivity index (χ0) is 21.0. The lowest BCUT2D eigenvalue weighted by Gasteiger charge is -2.09. The van der Waals surface area contributed by atoms with Crippen molar-refractivity contribution in [3.05, 3.63) is 40.2 Å². The molecule has 152 valence electrons. The first kappa shape index (κ1) is 21.3. The molecule has 0 unspecified atom stereocenters. The van der Waals surface area contributed by atoms with Gasteiger partial charge < -0.3 is 10.1 Å². The van der Waals surface area contributed by atoms with Crippen molar-refractivity contribution in [1.29, 1.82) is 0 Å². The molecule has 1 aromatic carbocycles. The van der Waals surface area contributed by atoms with Crippen LogP contribution in [0.2, 0.25) is 5.02 Å². The van der Waals surface area contributed by atoms with Crippen molar-refractivity contribution in [2.24, 2.45) is 0 Å². The van der Waals surface area contributed by atoms with Gasteiger partial charge in [-0.2, -0.15) is 0 Å².